The first-order valence-corrected chi connectivity index (χ1v) is 9.14. The molecule has 28 heavy (non-hydrogen) atoms. The van der Waals surface area contributed by atoms with Crippen LogP contribution in [0.2, 0.25) is 0 Å². The van der Waals surface area contributed by atoms with Gasteiger partial charge in [0.2, 0.25) is 0 Å². The standard InChI is InChI=1S/C21H22N4O3/c1-24-20-16(11-22-24)4-3-5-19(20)14-6-8-15(9-7-14)21(27)25-12-17(23-28-2)10-18(25)13-26/h3-9,11,18,26H,10,12-13H2,1-2H3/b23-17-. The number of hydrogen-bond donors (Lipinski definition) is 1. The van der Waals surface area contributed by atoms with Crippen molar-refractivity contribution >= 4 is 22.5 Å². The van der Waals surface area contributed by atoms with E-state index in [0.717, 1.165) is 27.7 Å². The van der Waals surface area contributed by atoms with E-state index in [1.165, 1.54) is 7.11 Å². The monoisotopic (exact) mass is 378 g/mol. The summed E-state index contributed by atoms with van der Waals surface area (Å²) in [5, 5.41) is 19.0. The van der Waals surface area contributed by atoms with Crippen molar-refractivity contribution in [3.8, 4) is 11.1 Å². The first-order valence-electron chi connectivity index (χ1n) is 9.14. The largest absolute Gasteiger partial charge is 0.399 e. The molecule has 144 valence electrons. The van der Waals surface area contributed by atoms with Gasteiger partial charge in [0.25, 0.3) is 5.91 Å². The third kappa shape index (κ3) is 3.14. The molecule has 7 nitrogen and oxygen atoms in total. The smallest absolute Gasteiger partial charge is 0.254 e. The number of para-hydroxylation sites is 1. The fourth-order valence-corrected chi connectivity index (χ4v) is 3.79. The minimum atomic E-state index is -0.274. The number of amides is 1. The van der Waals surface area contributed by atoms with Crippen molar-refractivity contribution in [2.75, 3.05) is 20.3 Å². The van der Waals surface area contributed by atoms with E-state index in [9.17, 15) is 9.90 Å². The first-order chi connectivity index (χ1) is 13.6. The molecule has 0 aliphatic carbocycles. The summed E-state index contributed by atoms with van der Waals surface area (Å²) in [4.78, 5) is 19.4. The molecule has 1 saturated heterocycles. The lowest BCUT2D eigenvalue weighted by atomic mass is 10.0. The molecule has 1 unspecified atom stereocenters. The van der Waals surface area contributed by atoms with E-state index < -0.39 is 0 Å². The summed E-state index contributed by atoms with van der Waals surface area (Å²) < 4.78 is 1.86. The molecule has 2 aromatic carbocycles. The number of hydrogen-bond acceptors (Lipinski definition) is 5. The van der Waals surface area contributed by atoms with Crippen molar-refractivity contribution in [3.63, 3.8) is 0 Å². The molecule has 1 fully saturated rings. The Bertz CT molecular complexity index is 1040. The molecule has 1 aliphatic heterocycles. The van der Waals surface area contributed by atoms with Gasteiger partial charge in [0.15, 0.2) is 0 Å². The molecule has 2 heterocycles. The van der Waals surface area contributed by atoms with E-state index in [2.05, 4.69) is 16.3 Å². The fourth-order valence-electron chi connectivity index (χ4n) is 3.79. The Balaban J connectivity index is 1.62. The molecular weight excluding hydrogens is 356 g/mol. The maximum absolute atomic E-state index is 12.9. The summed E-state index contributed by atoms with van der Waals surface area (Å²) in [6, 6.07) is 13.4. The highest BCUT2D eigenvalue weighted by molar-refractivity contribution is 6.01. The van der Waals surface area contributed by atoms with Crippen LogP contribution in [0.25, 0.3) is 22.0 Å². The Morgan fingerprint density at radius 3 is 2.79 bits per heavy atom. The van der Waals surface area contributed by atoms with Crippen LogP contribution in [0.1, 0.15) is 16.8 Å². The number of carbonyl (C=O) groups is 1. The molecule has 1 amide bonds. The molecule has 0 bridgehead atoms. The summed E-state index contributed by atoms with van der Waals surface area (Å²) in [5.74, 6) is -0.120. The summed E-state index contributed by atoms with van der Waals surface area (Å²) in [6.07, 6.45) is 2.37. The van der Waals surface area contributed by atoms with Gasteiger partial charge in [-0.1, -0.05) is 35.5 Å². The van der Waals surface area contributed by atoms with Gasteiger partial charge in [-0.05, 0) is 17.7 Å². The van der Waals surface area contributed by atoms with Crippen LogP contribution in [0.15, 0.2) is 53.8 Å². The number of aromatic nitrogens is 2. The first kappa shape index (κ1) is 18.2. The second-order valence-electron chi connectivity index (χ2n) is 6.90. The summed E-state index contributed by atoms with van der Waals surface area (Å²) in [7, 11) is 3.40. The molecule has 1 aromatic heterocycles. The lowest BCUT2D eigenvalue weighted by molar-refractivity contribution is 0.0680. The predicted octanol–water partition coefficient (Wildman–Crippen LogP) is 2.45. The Morgan fingerprint density at radius 2 is 2.07 bits per heavy atom. The zero-order valence-corrected chi connectivity index (χ0v) is 15.9. The minimum Gasteiger partial charge on any atom is -0.399 e. The Kier molecular flexibility index (Phi) is 4.83. The quantitative estimate of drug-likeness (QED) is 0.707. The summed E-state index contributed by atoms with van der Waals surface area (Å²) in [5.41, 5.74) is 4.49. The van der Waals surface area contributed by atoms with E-state index in [0.29, 0.717) is 18.5 Å². The van der Waals surface area contributed by atoms with Gasteiger partial charge < -0.3 is 14.8 Å². The number of likely N-dealkylation sites (tertiary alicyclic amines) is 1. The normalized spacial score (nSPS) is 18.2. The van der Waals surface area contributed by atoms with Gasteiger partial charge in [-0.3, -0.25) is 9.48 Å². The topological polar surface area (TPSA) is 80.0 Å². The summed E-state index contributed by atoms with van der Waals surface area (Å²) >= 11 is 0. The Labute approximate surface area is 162 Å². The van der Waals surface area contributed by atoms with Crippen LogP contribution in [-0.2, 0) is 11.9 Å². The lowest BCUT2D eigenvalue weighted by Gasteiger charge is -2.22. The molecule has 4 rings (SSSR count). The van der Waals surface area contributed by atoms with Crippen LogP contribution in [0.5, 0.6) is 0 Å². The number of aryl methyl sites for hydroxylation is 1. The second kappa shape index (κ2) is 7.44. The zero-order valence-electron chi connectivity index (χ0n) is 15.9. The fraction of sp³-hybridized carbons (Fsp3) is 0.286. The number of rotatable bonds is 4. The SMILES string of the molecule is CO/N=C1/CC(CO)N(C(=O)c2ccc(-c3cccc4cnn(C)c34)cc2)C1. The molecule has 0 spiro atoms. The van der Waals surface area contributed by atoms with Gasteiger partial charge in [-0.15, -0.1) is 0 Å². The van der Waals surface area contributed by atoms with E-state index >= 15 is 0 Å². The van der Waals surface area contributed by atoms with E-state index in [1.807, 2.05) is 54.3 Å². The number of oxime groups is 1. The van der Waals surface area contributed by atoms with Gasteiger partial charge in [-0.25, -0.2) is 0 Å². The van der Waals surface area contributed by atoms with Gasteiger partial charge in [0.1, 0.15) is 7.11 Å². The van der Waals surface area contributed by atoms with Gasteiger partial charge in [-0.2, -0.15) is 5.10 Å². The van der Waals surface area contributed by atoms with Crippen molar-refractivity contribution in [3.05, 3.63) is 54.2 Å². The van der Waals surface area contributed by atoms with Crippen LogP contribution in [-0.4, -0.2) is 57.7 Å². The Hall–Kier alpha value is -3.19. The van der Waals surface area contributed by atoms with Crippen LogP contribution in [0.4, 0.5) is 0 Å². The molecule has 1 atom stereocenters. The molecule has 0 saturated carbocycles. The lowest BCUT2D eigenvalue weighted by Crippen LogP contribution is -2.37. The van der Waals surface area contributed by atoms with Crippen molar-refractivity contribution in [2.24, 2.45) is 12.2 Å². The maximum Gasteiger partial charge on any atom is 0.254 e. The molecule has 7 heteroatoms. The van der Waals surface area contributed by atoms with Gasteiger partial charge in [0.05, 0.1) is 36.6 Å². The third-order valence-corrected chi connectivity index (χ3v) is 5.16. The molecule has 1 N–H and O–H groups in total. The molecule has 3 aromatic rings. The highest BCUT2D eigenvalue weighted by Gasteiger charge is 2.33. The minimum absolute atomic E-state index is 0.102. The number of aliphatic hydroxyl groups excluding tert-OH is 1. The molecular formula is C21H22N4O3. The van der Waals surface area contributed by atoms with Crippen LogP contribution >= 0.6 is 0 Å². The van der Waals surface area contributed by atoms with E-state index in [-0.39, 0.29) is 18.6 Å². The van der Waals surface area contributed by atoms with Crippen molar-refractivity contribution in [1.82, 2.24) is 14.7 Å². The molecule has 0 radical (unpaired) electrons. The van der Waals surface area contributed by atoms with E-state index in [1.54, 1.807) is 4.90 Å². The van der Waals surface area contributed by atoms with Crippen molar-refractivity contribution in [2.45, 2.75) is 12.5 Å². The van der Waals surface area contributed by atoms with Gasteiger partial charge >= 0.3 is 0 Å². The third-order valence-electron chi connectivity index (χ3n) is 5.16. The Morgan fingerprint density at radius 1 is 1.29 bits per heavy atom. The average molecular weight is 378 g/mol. The van der Waals surface area contributed by atoms with Crippen LogP contribution in [0.3, 0.4) is 0 Å². The molecule has 1 aliphatic rings. The van der Waals surface area contributed by atoms with E-state index in [4.69, 9.17) is 4.84 Å². The van der Waals surface area contributed by atoms with Crippen LogP contribution in [0, 0.1) is 0 Å². The average Bonchev–Trinajstić information content (AvgIpc) is 3.31. The maximum atomic E-state index is 12.9. The predicted molar refractivity (Wildman–Crippen MR) is 107 cm³/mol. The highest BCUT2D eigenvalue weighted by Crippen LogP contribution is 2.29. The zero-order chi connectivity index (χ0) is 19.7. The van der Waals surface area contributed by atoms with Crippen molar-refractivity contribution in [1.29, 1.82) is 0 Å². The number of fused-ring (bicyclic) bond motifs is 1. The number of benzene rings is 2. The number of carbonyl (C=O) groups excluding carboxylic acids is 1. The van der Waals surface area contributed by atoms with Crippen molar-refractivity contribution < 1.29 is 14.7 Å². The number of aliphatic hydroxyl groups is 1. The summed E-state index contributed by atoms with van der Waals surface area (Å²) in [6.45, 7) is 0.267. The number of nitrogens with zero attached hydrogens (tertiary/aromatic N) is 4. The van der Waals surface area contributed by atoms with Gasteiger partial charge in [0, 0.05) is 30.0 Å². The van der Waals surface area contributed by atoms with Crippen LogP contribution < -0.4 is 0 Å². The second-order valence-corrected chi connectivity index (χ2v) is 6.90. The highest BCUT2D eigenvalue weighted by atomic mass is 16.6.